The number of rotatable bonds is 2. The van der Waals surface area contributed by atoms with E-state index in [2.05, 4.69) is 5.32 Å². The average molecular weight is 267 g/mol. The van der Waals surface area contributed by atoms with Crippen molar-refractivity contribution in [2.24, 2.45) is 0 Å². The fourth-order valence-electron chi connectivity index (χ4n) is 1.32. The molecule has 0 aromatic heterocycles. The third-order valence-corrected chi connectivity index (χ3v) is 2.09. The zero-order chi connectivity index (χ0) is 14.1. The molecule has 1 aromatic rings. The van der Waals surface area contributed by atoms with E-state index in [0.29, 0.717) is 19.1 Å². The quantitative estimate of drug-likeness (QED) is 0.812. The molecular weight excluding hydrogens is 257 g/mol. The topological polar surface area (TPSA) is 29.1 Å². The molecule has 1 aromatic carbocycles. The van der Waals surface area contributed by atoms with Crippen molar-refractivity contribution >= 4 is 11.6 Å². The first-order valence-electron chi connectivity index (χ1n) is 4.88. The third-order valence-electron chi connectivity index (χ3n) is 2.09. The largest absolute Gasteiger partial charge is 0.416 e. The van der Waals surface area contributed by atoms with Crippen LogP contribution >= 0.6 is 0 Å². The van der Waals surface area contributed by atoms with Gasteiger partial charge < -0.3 is 5.32 Å². The number of amides is 1. The molecule has 0 unspecified atom stereocenters. The van der Waals surface area contributed by atoms with Gasteiger partial charge >= 0.3 is 6.18 Å². The number of carbonyl (C=O) groups is 1. The van der Waals surface area contributed by atoms with E-state index in [1.54, 1.807) is 0 Å². The Bertz CT molecular complexity index is 429. The van der Waals surface area contributed by atoms with E-state index in [1.165, 1.54) is 0 Å². The van der Waals surface area contributed by atoms with Crippen LogP contribution in [0, 0.1) is 0 Å². The number of alkyl halides is 5. The van der Waals surface area contributed by atoms with Crippen LogP contribution in [0.15, 0.2) is 18.2 Å². The molecule has 7 heteroatoms. The Morgan fingerprint density at radius 1 is 1.06 bits per heavy atom. The first kappa shape index (κ1) is 14.4. The maximum absolute atomic E-state index is 13.1. The van der Waals surface area contributed by atoms with E-state index < -0.39 is 29.1 Å². The Morgan fingerprint density at radius 3 is 1.94 bits per heavy atom. The summed E-state index contributed by atoms with van der Waals surface area (Å²) >= 11 is 0. The van der Waals surface area contributed by atoms with Crippen molar-refractivity contribution in [3.05, 3.63) is 29.3 Å². The number of hydrogen-bond donors (Lipinski definition) is 1. The first-order chi connectivity index (χ1) is 8.00. The van der Waals surface area contributed by atoms with Gasteiger partial charge in [0.25, 0.3) is 5.92 Å². The van der Waals surface area contributed by atoms with Gasteiger partial charge in [0, 0.05) is 25.1 Å². The minimum absolute atomic E-state index is 0.311. The number of halogens is 5. The van der Waals surface area contributed by atoms with Crippen LogP contribution < -0.4 is 5.32 Å². The fourth-order valence-corrected chi connectivity index (χ4v) is 1.32. The van der Waals surface area contributed by atoms with Gasteiger partial charge in [0.2, 0.25) is 5.91 Å². The number of benzene rings is 1. The molecule has 1 amide bonds. The maximum Gasteiger partial charge on any atom is 0.416 e. The monoisotopic (exact) mass is 267 g/mol. The molecule has 18 heavy (non-hydrogen) atoms. The van der Waals surface area contributed by atoms with Crippen LogP contribution in [0.5, 0.6) is 0 Å². The summed E-state index contributed by atoms with van der Waals surface area (Å²) in [6.45, 7) is 1.56. The predicted octanol–water partition coefficient (Wildman–Crippen LogP) is 3.78. The summed E-state index contributed by atoms with van der Waals surface area (Å²) in [5, 5.41) is 2.06. The van der Waals surface area contributed by atoms with Crippen LogP contribution in [-0.4, -0.2) is 5.91 Å². The molecular formula is C11H10F5NO. The Hall–Kier alpha value is -1.66. The van der Waals surface area contributed by atoms with Crippen molar-refractivity contribution in [3.63, 3.8) is 0 Å². The molecule has 0 saturated carbocycles. The maximum atomic E-state index is 13.1. The highest BCUT2D eigenvalue weighted by molar-refractivity contribution is 5.88. The Balaban J connectivity index is 3.34. The van der Waals surface area contributed by atoms with Gasteiger partial charge in [-0.3, -0.25) is 4.79 Å². The van der Waals surface area contributed by atoms with Crippen molar-refractivity contribution in [2.75, 3.05) is 5.32 Å². The third kappa shape index (κ3) is 3.68. The predicted molar refractivity (Wildman–Crippen MR) is 55.3 cm³/mol. The van der Waals surface area contributed by atoms with Gasteiger partial charge in [-0.25, -0.2) is 8.78 Å². The van der Waals surface area contributed by atoms with Gasteiger partial charge in [0.05, 0.1) is 5.56 Å². The molecule has 0 atom stereocenters. The van der Waals surface area contributed by atoms with Crippen molar-refractivity contribution in [1.82, 2.24) is 0 Å². The summed E-state index contributed by atoms with van der Waals surface area (Å²) in [7, 11) is 0. The second-order valence-electron chi connectivity index (χ2n) is 3.87. The van der Waals surface area contributed by atoms with Crippen molar-refractivity contribution in [2.45, 2.75) is 25.9 Å². The molecule has 2 nitrogen and oxygen atoms in total. The molecule has 0 spiro atoms. The van der Waals surface area contributed by atoms with E-state index >= 15 is 0 Å². The molecule has 1 N–H and O–H groups in total. The van der Waals surface area contributed by atoms with Gasteiger partial charge in [-0.05, 0) is 18.2 Å². The van der Waals surface area contributed by atoms with Crippen LogP contribution in [0.3, 0.4) is 0 Å². The summed E-state index contributed by atoms with van der Waals surface area (Å²) in [6.07, 6.45) is -4.76. The second-order valence-corrected chi connectivity index (χ2v) is 3.87. The van der Waals surface area contributed by atoms with Crippen LogP contribution in [0.1, 0.15) is 25.0 Å². The van der Waals surface area contributed by atoms with Crippen LogP contribution in [0.2, 0.25) is 0 Å². The van der Waals surface area contributed by atoms with Gasteiger partial charge in [0.1, 0.15) is 0 Å². The van der Waals surface area contributed by atoms with Crippen molar-refractivity contribution in [3.8, 4) is 0 Å². The van der Waals surface area contributed by atoms with E-state index in [4.69, 9.17) is 0 Å². The molecule has 0 saturated heterocycles. The average Bonchev–Trinajstić information content (AvgIpc) is 2.13. The molecule has 100 valence electrons. The van der Waals surface area contributed by atoms with E-state index in [0.717, 1.165) is 13.0 Å². The molecule has 1 rings (SSSR count). The summed E-state index contributed by atoms with van der Waals surface area (Å²) in [6, 6.07) is 1.79. The molecule has 0 aliphatic carbocycles. The zero-order valence-corrected chi connectivity index (χ0v) is 9.53. The van der Waals surface area contributed by atoms with Crippen molar-refractivity contribution < 1.29 is 26.7 Å². The van der Waals surface area contributed by atoms with Crippen LogP contribution in [0.4, 0.5) is 27.6 Å². The lowest BCUT2D eigenvalue weighted by Crippen LogP contribution is -2.14. The lowest BCUT2D eigenvalue weighted by molar-refractivity contribution is -0.137. The molecule has 0 bridgehead atoms. The van der Waals surface area contributed by atoms with Gasteiger partial charge in [-0.15, -0.1) is 0 Å². The molecule has 0 aliphatic heterocycles. The van der Waals surface area contributed by atoms with Gasteiger partial charge in [0.15, 0.2) is 0 Å². The van der Waals surface area contributed by atoms with Crippen molar-refractivity contribution in [1.29, 1.82) is 0 Å². The normalized spacial score (nSPS) is 12.4. The number of carbonyl (C=O) groups excluding carboxylic acids is 1. The lowest BCUT2D eigenvalue weighted by atomic mass is 10.0. The first-order valence-corrected chi connectivity index (χ1v) is 4.88. The zero-order valence-electron chi connectivity index (χ0n) is 9.53. The highest BCUT2D eigenvalue weighted by atomic mass is 19.4. The number of nitrogens with one attached hydrogen (secondary N) is 1. The number of hydrogen-bond acceptors (Lipinski definition) is 1. The fraction of sp³-hybridized carbons (Fsp3) is 0.364. The summed E-state index contributed by atoms with van der Waals surface area (Å²) in [4.78, 5) is 10.8. The second kappa shape index (κ2) is 4.55. The van der Waals surface area contributed by atoms with E-state index in [9.17, 15) is 26.7 Å². The van der Waals surface area contributed by atoms with Crippen LogP contribution in [0.25, 0.3) is 0 Å². The smallest absolute Gasteiger partial charge is 0.326 e. The standard InChI is InChI=1S/C11H10F5NO/c1-6(18)17-9-4-7(10(2,12)13)3-8(5-9)11(14,15)16/h3-5H,1-2H3,(H,17,18). The minimum Gasteiger partial charge on any atom is -0.326 e. The minimum atomic E-state index is -4.76. The highest BCUT2D eigenvalue weighted by Gasteiger charge is 2.34. The van der Waals surface area contributed by atoms with Gasteiger partial charge in [-0.1, -0.05) is 0 Å². The lowest BCUT2D eigenvalue weighted by Gasteiger charge is -2.16. The van der Waals surface area contributed by atoms with Crippen LogP contribution in [-0.2, 0) is 16.9 Å². The molecule has 0 aliphatic rings. The number of anilines is 1. The Morgan fingerprint density at radius 2 is 1.56 bits per heavy atom. The molecule has 0 heterocycles. The summed E-state index contributed by atoms with van der Waals surface area (Å²) < 4.78 is 63.7. The van der Waals surface area contributed by atoms with Gasteiger partial charge in [-0.2, -0.15) is 13.2 Å². The Labute approximate surface area is 99.8 Å². The van der Waals surface area contributed by atoms with E-state index in [-0.39, 0.29) is 5.69 Å². The summed E-state index contributed by atoms with van der Waals surface area (Å²) in [5.74, 6) is -4.06. The SMILES string of the molecule is CC(=O)Nc1cc(C(C)(F)F)cc(C(F)(F)F)c1. The summed E-state index contributed by atoms with van der Waals surface area (Å²) in [5.41, 5.74) is -2.35. The van der Waals surface area contributed by atoms with E-state index in [1.807, 2.05) is 0 Å². The Kier molecular flexibility index (Phi) is 3.64. The molecule has 0 radical (unpaired) electrons. The highest BCUT2D eigenvalue weighted by Crippen LogP contribution is 2.36. The molecule has 0 fully saturated rings.